The highest BCUT2D eigenvalue weighted by Crippen LogP contribution is 2.20. The van der Waals surface area contributed by atoms with Gasteiger partial charge in [0.25, 0.3) is 5.91 Å². The maximum absolute atomic E-state index is 12.7. The summed E-state index contributed by atoms with van der Waals surface area (Å²) in [6, 6.07) is 11.2. The molecule has 8 heteroatoms. The molecule has 0 bridgehead atoms. The van der Waals surface area contributed by atoms with E-state index in [1.165, 1.54) is 0 Å². The predicted octanol–water partition coefficient (Wildman–Crippen LogP) is 0.958. The second-order valence-electron chi connectivity index (χ2n) is 7.00. The van der Waals surface area contributed by atoms with Crippen molar-refractivity contribution in [2.45, 2.75) is 0 Å². The molecule has 2 aliphatic rings. The molecule has 148 valence electrons. The molecule has 0 N–H and O–H groups in total. The summed E-state index contributed by atoms with van der Waals surface area (Å²) >= 11 is 0. The molecule has 0 aliphatic carbocycles. The third-order valence-electron chi connectivity index (χ3n) is 5.17. The molecule has 3 heterocycles. The van der Waals surface area contributed by atoms with Gasteiger partial charge in [0.2, 0.25) is 5.91 Å². The largest absolute Gasteiger partial charge is 0.379 e. The zero-order chi connectivity index (χ0) is 19.3. The van der Waals surface area contributed by atoms with Crippen LogP contribution in [0.15, 0.2) is 40.9 Å². The Hall–Kier alpha value is -2.71. The first kappa shape index (κ1) is 18.6. The number of morpholine rings is 1. The van der Waals surface area contributed by atoms with Crippen LogP contribution in [0.4, 0.5) is 0 Å². The number of carbonyl (C=O) groups is 2. The highest BCUT2D eigenvalue weighted by molar-refractivity contribution is 5.93. The molecule has 2 aromatic rings. The van der Waals surface area contributed by atoms with E-state index in [0.29, 0.717) is 57.4 Å². The van der Waals surface area contributed by atoms with Crippen LogP contribution in [0.1, 0.15) is 10.5 Å². The number of benzene rings is 1. The van der Waals surface area contributed by atoms with Gasteiger partial charge in [0.05, 0.1) is 19.8 Å². The van der Waals surface area contributed by atoms with Crippen LogP contribution in [0.2, 0.25) is 0 Å². The van der Waals surface area contributed by atoms with Crippen molar-refractivity contribution in [3.8, 4) is 11.3 Å². The lowest BCUT2D eigenvalue weighted by molar-refractivity contribution is -0.134. The highest BCUT2D eigenvalue weighted by Gasteiger charge is 2.27. The number of carbonyl (C=O) groups excluding carboxylic acids is 2. The molecule has 0 radical (unpaired) electrons. The van der Waals surface area contributed by atoms with Gasteiger partial charge in [-0.25, -0.2) is 0 Å². The van der Waals surface area contributed by atoms with E-state index < -0.39 is 0 Å². The normalized spacial score (nSPS) is 18.3. The van der Waals surface area contributed by atoms with E-state index in [1.807, 2.05) is 35.2 Å². The summed E-state index contributed by atoms with van der Waals surface area (Å²) in [6.07, 6.45) is 0. The molecule has 0 saturated carbocycles. The fourth-order valence-corrected chi connectivity index (χ4v) is 3.49. The molecule has 1 aromatic carbocycles. The van der Waals surface area contributed by atoms with Crippen LogP contribution in [0, 0.1) is 0 Å². The monoisotopic (exact) mass is 384 g/mol. The summed E-state index contributed by atoms with van der Waals surface area (Å²) in [7, 11) is 0. The van der Waals surface area contributed by atoms with E-state index in [1.54, 1.807) is 11.0 Å². The van der Waals surface area contributed by atoms with Gasteiger partial charge in [0.1, 0.15) is 0 Å². The van der Waals surface area contributed by atoms with Gasteiger partial charge in [-0.2, -0.15) is 0 Å². The minimum absolute atomic E-state index is 0.113. The van der Waals surface area contributed by atoms with Crippen LogP contribution < -0.4 is 0 Å². The van der Waals surface area contributed by atoms with Crippen molar-refractivity contribution in [1.29, 1.82) is 0 Å². The van der Waals surface area contributed by atoms with E-state index in [2.05, 4.69) is 10.1 Å². The van der Waals surface area contributed by atoms with E-state index in [-0.39, 0.29) is 11.8 Å². The van der Waals surface area contributed by atoms with Gasteiger partial charge in [0.15, 0.2) is 11.5 Å². The first-order valence-electron chi connectivity index (χ1n) is 9.60. The lowest BCUT2D eigenvalue weighted by Crippen LogP contribution is -2.53. The smallest absolute Gasteiger partial charge is 0.276 e. The third kappa shape index (κ3) is 4.23. The molecule has 1 aromatic heterocycles. The van der Waals surface area contributed by atoms with Crippen molar-refractivity contribution in [2.75, 3.05) is 59.0 Å². The van der Waals surface area contributed by atoms with Gasteiger partial charge in [0, 0.05) is 50.9 Å². The fraction of sp³-hybridized carbons (Fsp3) is 0.450. The summed E-state index contributed by atoms with van der Waals surface area (Å²) in [5.41, 5.74) is 1.18. The number of piperazine rings is 1. The van der Waals surface area contributed by atoms with Gasteiger partial charge in [-0.15, -0.1) is 0 Å². The van der Waals surface area contributed by atoms with E-state index >= 15 is 0 Å². The minimum Gasteiger partial charge on any atom is -0.379 e. The lowest BCUT2D eigenvalue weighted by Gasteiger charge is -2.36. The first-order valence-corrected chi connectivity index (χ1v) is 9.60. The van der Waals surface area contributed by atoms with Crippen molar-refractivity contribution in [1.82, 2.24) is 19.9 Å². The second-order valence-corrected chi connectivity index (χ2v) is 7.00. The quantitative estimate of drug-likeness (QED) is 0.781. The number of nitrogens with zero attached hydrogens (tertiary/aromatic N) is 4. The minimum atomic E-state index is -0.161. The van der Waals surface area contributed by atoms with Gasteiger partial charge in [-0.3, -0.25) is 14.5 Å². The molecule has 4 rings (SSSR count). The van der Waals surface area contributed by atoms with Crippen LogP contribution in [0.5, 0.6) is 0 Å². The van der Waals surface area contributed by atoms with Gasteiger partial charge in [-0.1, -0.05) is 35.5 Å². The molecule has 0 atom stereocenters. The summed E-state index contributed by atoms with van der Waals surface area (Å²) < 4.78 is 10.6. The summed E-state index contributed by atoms with van der Waals surface area (Å²) in [5.74, 6) is 0.524. The Morgan fingerprint density at radius 1 is 0.929 bits per heavy atom. The van der Waals surface area contributed by atoms with Crippen molar-refractivity contribution >= 4 is 11.8 Å². The standard InChI is InChI=1S/C20H24N4O4/c25-19(15-22-10-12-27-13-11-22)23-6-8-24(9-7-23)20(26)17-14-18(28-21-17)16-4-2-1-3-5-16/h1-5,14H,6-13,15H2. The molecule has 28 heavy (non-hydrogen) atoms. The van der Waals surface area contributed by atoms with Gasteiger partial charge >= 0.3 is 0 Å². The van der Waals surface area contributed by atoms with Gasteiger partial charge < -0.3 is 19.1 Å². The molecule has 2 fully saturated rings. The maximum Gasteiger partial charge on any atom is 0.276 e. The number of rotatable bonds is 4. The SMILES string of the molecule is O=C(CN1CCOCC1)N1CCN(C(=O)c2cc(-c3ccccc3)on2)CC1. The predicted molar refractivity (Wildman–Crippen MR) is 102 cm³/mol. The van der Waals surface area contributed by atoms with Gasteiger partial charge in [-0.05, 0) is 0 Å². The topological polar surface area (TPSA) is 79.1 Å². The zero-order valence-electron chi connectivity index (χ0n) is 15.7. The molecule has 2 saturated heterocycles. The van der Waals surface area contributed by atoms with Crippen molar-refractivity contribution < 1.29 is 18.8 Å². The Bertz CT molecular complexity index is 809. The number of hydrogen-bond donors (Lipinski definition) is 0. The van der Waals surface area contributed by atoms with Crippen molar-refractivity contribution in [3.05, 3.63) is 42.1 Å². The fourth-order valence-electron chi connectivity index (χ4n) is 3.49. The van der Waals surface area contributed by atoms with Crippen LogP contribution >= 0.6 is 0 Å². The molecule has 8 nitrogen and oxygen atoms in total. The average Bonchev–Trinajstić information content (AvgIpc) is 3.25. The van der Waals surface area contributed by atoms with Crippen molar-refractivity contribution in [2.24, 2.45) is 0 Å². The molecule has 2 amide bonds. The van der Waals surface area contributed by atoms with Crippen LogP contribution in [0.25, 0.3) is 11.3 Å². The summed E-state index contributed by atoms with van der Waals surface area (Å²) in [4.78, 5) is 30.9. The van der Waals surface area contributed by atoms with E-state index in [0.717, 1.165) is 18.7 Å². The Kier molecular flexibility index (Phi) is 5.68. The molecule has 2 aliphatic heterocycles. The number of ether oxygens (including phenoxy) is 1. The van der Waals surface area contributed by atoms with E-state index in [4.69, 9.17) is 9.26 Å². The molecular weight excluding hydrogens is 360 g/mol. The maximum atomic E-state index is 12.7. The van der Waals surface area contributed by atoms with Crippen molar-refractivity contribution in [3.63, 3.8) is 0 Å². The van der Waals surface area contributed by atoms with Crippen LogP contribution in [0.3, 0.4) is 0 Å². The second kappa shape index (κ2) is 8.53. The Balaban J connectivity index is 1.30. The highest BCUT2D eigenvalue weighted by atomic mass is 16.5. The number of hydrogen-bond acceptors (Lipinski definition) is 6. The third-order valence-corrected chi connectivity index (χ3v) is 5.17. The zero-order valence-corrected chi connectivity index (χ0v) is 15.7. The number of amides is 2. The lowest BCUT2D eigenvalue weighted by atomic mass is 10.1. The first-order chi connectivity index (χ1) is 13.7. The number of aromatic nitrogens is 1. The van der Waals surface area contributed by atoms with Crippen LogP contribution in [-0.4, -0.2) is 90.7 Å². The Morgan fingerprint density at radius 2 is 1.61 bits per heavy atom. The molecule has 0 unspecified atom stereocenters. The summed E-state index contributed by atoms with van der Waals surface area (Å²) in [5, 5.41) is 3.93. The average molecular weight is 384 g/mol. The molecule has 0 spiro atoms. The summed E-state index contributed by atoms with van der Waals surface area (Å²) in [6.45, 7) is 5.44. The Morgan fingerprint density at radius 3 is 2.32 bits per heavy atom. The van der Waals surface area contributed by atoms with Crippen LogP contribution in [-0.2, 0) is 9.53 Å². The molecular formula is C20H24N4O4. The van der Waals surface area contributed by atoms with E-state index in [9.17, 15) is 9.59 Å². The Labute approximate surface area is 163 Å².